The van der Waals surface area contributed by atoms with Crippen molar-refractivity contribution in [3.63, 3.8) is 0 Å². The van der Waals surface area contributed by atoms with E-state index in [4.69, 9.17) is 21.1 Å². The summed E-state index contributed by atoms with van der Waals surface area (Å²) in [6, 6.07) is 14.0. The molecule has 9 heteroatoms. The van der Waals surface area contributed by atoms with Gasteiger partial charge in [-0.05, 0) is 48.4 Å². The lowest BCUT2D eigenvalue weighted by Crippen LogP contribution is -2.41. The highest BCUT2D eigenvalue weighted by atomic mass is 35.5. The van der Waals surface area contributed by atoms with Gasteiger partial charge in [-0.15, -0.1) is 0 Å². The first kappa shape index (κ1) is 22.1. The number of nitrogens with zero attached hydrogens (tertiary/aromatic N) is 2. The molecule has 2 aliphatic rings. The zero-order chi connectivity index (χ0) is 22.5. The number of nitrogens with one attached hydrogen (secondary N) is 1. The minimum atomic E-state index is -0.614. The molecular formula is C23H24ClN3O5. The van der Waals surface area contributed by atoms with Crippen LogP contribution in [0.4, 0.5) is 16.2 Å². The molecule has 0 aliphatic carbocycles. The molecule has 2 aromatic carbocycles. The van der Waals surface area contributed by atoms with Crippen LogP contribution in [-0.4, -0.2) is 55.3 Å². The van der Waals surface area contributed by atoms with Gasteiger partial charge < -0.3 is 19.3 Å². The van der Waals surface area contributed by atoms with Crippen LogP contribution in [0.2, 0.25) is 5.02 Å². The van der Waals surface area contributed by atoms with E-state index < -0.39 is 12.3 Å². The summed E-state index contributed by atoms with van der Waals surface area (Å²) in [5, 5.41) is 3.22. The lowest BCUT2D eigenvalue weighted by Gasteiger charge is -2.27. The summed E-state index contributed by atoms with van der Waals surface area (Å²) >= 11 is 5.85. The van der Waals surface area contributed by atoms with Crippen molar-refractivity contribution in [2.24, 2.45) is 0 Å². The summed E-state index contributed by atoms with van der Waals surface area (Å²) in [6.07, 6.45) is 0.341. The Balaban J connectivity index is 1.32. The van der Waals surface area contributed by atoms with Gasteiger partial charge in [-0.25, -0.2) is 4.79 Å². The molecule has 8 nitrogen and oxygen atoms in total. The first-order valence-corrected chi connectivity index (χ1v) is 10.9. The number of rotatable bonds is 5. The largest absolute Gasteiger partial charge is 0.425 e. The summed E-state index contributed by atoms with van der Waals surface area (Å²) < 4.78 is 10.6. The number of carbonyl (C=O) groups excluding carboxylic acids is 3. The second-order valence-corrected chi connectivity index (χ2v) is 8.10. The van der Waals surface area contributed by atoms with E-state index in [1.165, 1.54) is 0 Å². The first-order chi connectivity index (χ1) is 15.5. The number of carbonyl (C=O) groups is 3. The van der Waals surface area contributed by atoms with Crippen molar-refractivity contribution in [3.05, 3.63) is 59.1 Å². The second kappa shape index (κ2) is 10.0. The van der Waals surface area contributed by atoms with E-state index in [-0.39, 0.29) is 24.8 Å². The number of halogens is 1. The van der Waals surface area contributed by atoms with Crippen molar-refractivity contribution in [3.8, 4) is 0 Å². The lowest BCUT2D eigenvalue weighted by molar-refractivity contribution is -0.137. The van der Waals surface area contributed by atoms with Crippen LogP contribution >= 0.6 is 11.6 Å². The third kappa shape index (κ3) is 5.38. The van der Waals surface area contributed by atoms with Gasteiger partial charge in [0.2, 0.25) is 5.91 Å². The molecule has 3 amide bonds. The smallest absolute Gasteiger partial charge is 0.413 e. The van der Waals surface area contributed by atoms with Gasteiger partial charge in [0.25, 0.3) is 5.91 Å². The molecule has 0 radical (unpaired) electrons. The minimum absolute atomic E-state index is 0.0750. The van der Waals surface area contributed by atoms with Crippen molar-refractivity contribution in [2.75, 3.05) is 36.5 Å². The summed E-state index contributed by atoms with van der Waals surface area (Å²) in [7, 11) is 0. The van der Waals surface area contributed by atoms with Crippen LogP contribution < -0.4 is 10.2 Å². The van der Waals surface area contributed by atoms with Crippen LogP contribution in [-0.2, 0) is 25.5 Å². The van der Waals surface area contributed by atoms with Crippen molar-refractivity contribution in [2.45, 2.75) is 25.5 Å². The molecule has 168 valence electrons. The van der Waals surface area contributed by atoms with E-state index in [9.17, 15) is 14.4 Å². The standard InChI is InChI=1S/C23H24ClN3O5/c24-17-5-7-18(8-6-17)25-23(30)32-22-2-1-11-27(22)20(28)14-16-3-9-19(10-4-16)26-12-13-31-15-21(26)29/h3-10,22H,1-2,11-15H2,(H,25,30)/t22-/m0/s1. The van der Waals surface area contributed by atoms with Crippen LogP contribution in [0.3, 0.4) is 0 Å². The van der Waals surface area contributed by atoms with Crippen LogP contribution in [0, 0.1) is 0 Å². The van der Waals surface area contributed by atoms with Crippen LogP contribution in [0.5, 0.6) is 0 Å². The Morgan fingerprint density at radius 3 is 2.56 bits per heavy atom. The van der Waals surface area contributed by atoms with E-state index in [2.05, 4.69) is 5.32 Å². The average Bonchev–Trinajstić information content (AvgIpc) is 3.24. The topological polar surface area (TPSA) is 88.2 Å². The van der Waals surface area contributed by atoms with Crippen LogP contribution in [0.1, 0.15) is 18.4 Å². The zero-order valence-electron chi connectivity index (χ0n) is 17.5. The monoisotopic (exact) mass is 457 g/mol. The maximum atomic E-state index is 12.9. The van der Waals surface area contributed by atoms with Gasteiger partial charge in [0.05, 0.1) is 13.0 Å². The third-order valence-electron chi connectivity index (χ3n) is 5.44. The molecule has 2 heterocycles. The Labute approximate surface area is 191 Å². The van der Waals surface area contributed by atoms with Crippen molar-refractivity contribution >= 4 is 40.9 Å². The molecule has 0 aromatic heterocycles. The fraction of sp³-hybridized carbons (Fsp3) is 0.348. The summed E-state index contributed by atoms with van der Waals surface area (Å²) in [6.45, 7) is 1.65. The summed E-state index contributed by atoms with van der Waals surface area (Å²) in [5.41, 5.74) is 2.18. The molecule has 2 aliphatic heterocycles. The molecule has 0 saturated carbocycles. The molecule has 2 saturated heterocycles. The second-order valence-electron chi connectivity index (χ2n) is 7.66. The van der Waals surface area contributed by atoms with E-state index in [1.54, 1.807) is 34.1 Å². The Morgan fingerprint density at radius 1 is 1.09 bits per heavy atom. The fourth-order valence-corrected chi connectivity index (χ4v) is 3.93. The molecule has 2 fully saturated rings. The highest BCUT2D eigenvalue weighted by Gasteiger charge is 2.31. The van der Waals surface area contributed by atoms with Gasteiger partial charge in [-0.3, -0.25) is 14.9 Å². The quantitative estimate of drug-likeness (QED) is 0.743. The number of amides is 3. The summed E-state index contributed by atoms with van der Waals surface area (Å²) in [4.78, 5) is 40.4. The van der Waals surface area contributed by atoms with E-state index in [1.807, 2.05) is 24.3 Å². The van der Waals surface area contributed by atoms with Crippen molar-refractivity contribution in [1.29, 1.82) is 0 Å². The van der Waals surface area contributed by atoms with Crippen LogP contribution in [0.15, 0.2) is 48.5 Å². The molecule has 0 bridgehead atoms. The molecule has 0 spiro atoms. The Morgan fingerprint density at radius 2 is 1.84 bits per heavy atom. The highest BCUT2D eigenvalue weighted by Crippen LogP contribution is 2.22. The highest BCUT2D eigenvalue weighted by molar-refractivity contribution is 6.30. The Hall–Kier alpha value is -3.10. The Kier molecular flexibility index (Phi) is 6.92. The predicted octanol–water partition coefficient (Wildman–Crippen LogP) is 3.44. The number of ether oxygens (including phenoxy) is 2. The summed E-state index contributed by atoms with van der Waals surface area (Å²) in [5.74, 6) is -0.184. The van der Waals surface area contributed by atoms with E-state index in [0.29, 0.717) is 36.8 Å². The fourth-order valence-electron chi connectivity index (χ4n) is 3.81. The normalized spacial score (nSPS) is 18.5. The molecule has 1 atom stereocenters. The maximum absolute atomic E-state index is 12.9. The minimum Gasteiger partial charge on any atom is -0.425 e. The van der Waals surface area contributed by atoms with Gasteiger partial charge in [-0.1, -0.05) is 23.7 Å². The number of hydrogen-bond donors (Lipinski definition) is 1. The molecule has 2 aromatic rings. The van der Waals surface area contributed by atoms with Crippen LogP contribution in [0.25, 0.3) is 0 Å². The van der Waals surface area contributed by atoms with Gasteiger partial charge in [0.1, 0.15) is 6.61 Å². The molecule has 32 heavy (non-hydrogen) atoms. The van der Waals surface area contributed by atoms with Gasteiger partial charge in [-0.2, -0.15) is 0 Å². The lowest BCUT2D eigenvalue weighted by atomic mass is 10.1. The molecule has 0 unspecified atom stereocenters. The predicted molar refractivity (Wildman–Crippen MR) is 120 cm³/mol. The zero-order valence-corrected chi connectivity index (χ0v) is 18.2. The SMILES string of the molecule is O=C(Nc1ccc(Cl)cc1)O[C@H]1CCCN1C(=O)Cc1ccc(N2CCOCC2=O)cc1. The van der Waals surface area contributed by atoms with Crippen molar-refractivity contribution < 1.29 is 23.9 Å². The average molecular weight is 458 g/mol. The number of morpholine rings is 1. The van der Waals surface area contributed by atoms with Gasteiger partial charge in [0.15, 0.2) is 6.23 Å². The molecule has 1 N–H and O–H groups in total. The number of likely N-dealkylation sites (tertiary alicyclic amines) is 1. The van der Waals surface area contributed by atoms with E-state index >= 15 is 0 Å². The van der Waals surface area contributed by atoms with E-state index in [0.717, 1.165) is 17.7 Å². The first-order valence-electron chi connectivity index (χ1n) is 10.5. The Bertz CT molecular complexity index is 980. The van der Waals surface area contributed by atoms with Crippen molar-refractivity contribution in [1.82, 2.24) is 4.90 Å². The molecular weight excluding hydrogens is 434 g/mol. The number of hydrogen-bond acceptors (Lipinski definition) is 5. The van der Waals surface area contributed by atoms with Gasteiger partial charge in [0, 0.05) is 35.9 Å². The van der Waals surface area contributed by atoms with Gasteiger partial charge >= 0.3 is 6.09 Å². The maximum Gasteiger partial charge on any atom is 0.413 e. The number of anilines is 2. The molecule has 4 rings (SSSR count). The third-order valence-corrected chi connectivity index (χ3v) is 5.69. The number of benzene rings is 2.